The van der Waals surface area contributed by atoms with E-state index < -0.39 is 0 Å². The zero-order valence-electron chi connectivity index (χ0n) is 10.1. The summed E-state index contributed by atoms with van der Waals surface area (Å²) in [6.07, 6.45) is 1.25. The topological polar surface area (TPSA) is 30.3 Å². The standard InChI is InChI=1S/C8H17N3.C3H8/c1-8(9)7-11-5-3-10(2)4-6-11;1-3-2/h9H,3-7H2,1-2H3;3H2,1-2H3. The predicted octanol–water partition coefficient (Wildman–Crippen LogP) is 1.69. The van der Waals surface area contributed by atoms with Crippen LogP contribution in [0.4, 0.5) is 0 Å². The van der Waals surface area contributed by atoms with Gasteiger partial charge >= 0.3 is 0 Å². The van der Waals surface area contributed by atoms with Gasteiger partial charge in [0.25, 0.3) is 0 Å². The SMILES string of the molecule is CC(=N)CN1CCN(C)CC1.CCC. The van der Waals surface area contributed by atoms with Crippen LogP contribution in [0, 0.1) is 5.41 Å². The van der Waals surface area contributed by atoms with Gasteiger partial charge in [0.05, 0.1) is 0 Å². The van der Waals surface area contributed by atoms with Crippen LogP contribution in [0.5, 0.6) is 0 Å². The summed E-state index contributed by atoms with van der Waals surface area (Å²) in [4.78, 5) is 4.66. The molecule has 1 rings (SSSR count). The smallest absolute Gasteiger partial charge is 0.0359 e. The van der Waals surface area contributed by atoms with Crippen molar-refractivity contribution in [3.05, 3.63) is 0 Å². The second kappa shape index (κ2) is 7.94. The first-order chi connectivity index (χ1) is 6.60. The molecule has 3 heteroatoms. The maximum atomic E-state index is 7.33. The molecular formula is C11H25N3. The highest BCUT2D eigenvalue weighted by atomic mass is 15.2. The Kier molecular flexibility index (Phi) is 7.71. The van der Waals surface area contributed by atoms with Crippen LogP contribution in [-0.4, -0.2) is 55.3 Å². The minimum Gasteiger partial charge on any atom is -0.309 e. The molecule has 3 nitrogen and oxygen atoms in total. The molecule has 1 aliphatic heterocycles. The molecule has 0 spiro atoms. The highest BCUT2D eigenvalue weighted by Gasteiger charge is 2.12. The number of nitrogens with zero attached hydrogens (tertiary/aromatic N) is 2. The Morgan fingerprint density at radius 2 is 1.57 bits per heavy atom. The van der Waals surface area contributed by atoms with E-state index in [1.807, 2.05) is 6.92 Å². The molecule has 0 aliphatic carbocycles. The fourth-order valence-electron chi connectivity index (χ4n) is 1.34. The predicted molar refractivity (Wildman–Crippen MR) is 63.3 cm³/mol. The Balaban J connectivity index is 0.000000500. The van der Waals surface area contributed by atoms with Crippen LogP contribution < -0.4 is 0 Å². The number of hydrogen-bond donors (Lipinski definition) is 1. The molecule has 0 aromatic heterocycles. The molecule has 14 heavy (non-hydrogen) atoms. The van der Waals surface area contributed by atoms with Crippen LogP contribution in [0.1, 0.15) is 27.2 Å². The first-order valence-electron chi connectivity index (χ1n) is 5.55. The third-order valence-electron chi connectivity index (χ3n) is 2.06. The van der Waals surface area contributed by atoms with Crippen molar-refractivity contribution in [2.45, 2.75) is 27.2 Å². The number of hydrogen-bond acceptors (Lipinski definition) is 3. The molecule has 0 aromatic rings. The molecule has 1 heterocycles. The van der Waals surface area contributed by atoms with Crippen LogP contribution in [0.15, 0.2) is 0 Å². The van der Waals surface area contributed by atoms with E-state index in [0.29, 0.717) is 0 Å². The van der Waals surface area contributed by atoms with Gasteiger partial charge in [0.2, 0.25) is 0 Å². The lowest BCUT2D eigenvalue weighted by atomic mass is 10.3. The van der Waals surface area contributed by atoms with Crippen LogP contribution in [0.3, 0.4) is 0 Å². The molecule has 1 N–H and O–H groups in total. The molecule has 0 unspecified atom stereocenters. The number of nitrogens with one attached hydrogen (secondary N) is 1. The summed E-state index contributed by atoms with van der Waals surface area (Å²) in [7, 11) is 2.15. The molecule has 0 atom stereocenters. The molecule has 1 saturated heterocycles. The monoisotopic (exact) mass is 199 g/mol. The van der Waals surface area contributed by atoms with Gasteiger partial charge in [-0.05, 0) is 14.0 Å². The maximum absolute atomic E-state index is 7.33. The third-order valence-corrected chi connectivity index (χ3v) is 2.06. The third kappa shape index (κ3) is 7.04. The van der Waals surface area contributed by atoms with E-state index >= 15 is 0 Å². The normalized spacial score (nSPS) is 18.6. The van der Waals surface area contributed by atoms with E-state index in [9.17, 15) is 0 Å². The first kappa shape index (κ1) is 13.6. The van der Waals surface area contributed by atoms with Crippen molar-refractivity contribution in [2.75, 3.05) is 39.8 Å². The highest BCUT2D eigenvalue weighted by molar-refractivity contribution is 5.80. The van der Waals surface area contributed by atoms with Crippen molar-refractivity contribution in [3.63, 3.8) is 0 Å². The second-order valence-corrected chi connectivity index (χ2v) is 4.07. The number of piperazine rings is 1. The van der Waals surface area contributed by atoms with E-state index in [0.717, 1.165) is 38.4 Å². The summed E-state index contributed by atoms with van der Waals surface area (Å²) in [5.41, 5.74) is 0.773. The lowest BCUT2D eigenvalue weighted by Crippen LogP contribution is -2.45. The van der Waals surface area contributed by atoms with Crippen molar-refractivity contribution >= 4 is 5.71 Å². The van der Waals surface area contributed by atoms with Gasteiger partial charge in [0.15, 0.2) is 0 Å². The van der Waals surface area contributed by atoms with E-state index in [1.54, 1.807) is 0 Å². The van der Waals surface area contributed by atoms with Gasteiger partial charge in [-0.25, -0.2) is 0 Å². The minimum atomic E-state index is 0.773. The van der Waals surface area contributed by atoms with Gasteiger partial charge in [0, 0.05) is 38.4 Å². The van der Waals surface area contributed by atoms with Gasteiger partial charge in [0.1, 0.15) is 0 Å². The summed E-state index contributed by atoms with van der Waals surface area (Å²) < 4.78 is 0. The van der Waals surface area contributed by atoms with Gasteiger partial charge in [-0.3, -0.25) is 4.90 Å². The summed E-state index contributed by atoms with van der Waals surface area (Å²) >= 11 is 0. The lowest BCUT2D eigenvalue weighted by molar-refractivity contribution is 0.170. The summed E-state index contributed by atoms with van der Waals surface area (Å²) in [5.74, 6) is 0. The van der Waals surface area contributed by atoms with Gasteiger partial charge < -0.3 is 10.3 Å². The Hall–Kier alpha value is -0.410. The Morgan fingerprint density at radius 3 is 1.93 bits per heavy atom. The van der Waals surface area contributed by atoms with Crippen molar-refractivity contribution in [2.24, 2.45) is 0 Å². The molecule has 0 radical (unpaired) electrons. The second-order valence-electron chi connectivity index (χ2n) is 4.07. The molecule has 84 valence electrons. The first-order valence-corrected chi connectivity index (χ1v) is 5.55. The Labute approximate surface area is 88.6 Å². The van der Waals surface area contributed by atoms with Crippen molar-refractivity contribution < 1.29 is 0 Å². The summed E-state index contributed by atoms with van der Waals surface area (Å²) in [6, 6.07) is 0. The van der Waals surface area contributed by atoms with Crippen molar-refractivity contribution in [3.8, 4) is 0 Å². The quantitative estimate of drug-likeness (QED) is 0.686. The van der Waals surface area contributed by atoms with Crippen LogP contribution >= 0.6 is 0 Å². The molecule has 0 saturated carbocycles. The van der Waals surface area contributed by atoms with Crippen LogP contribution in [0.2, 0.25) is 0 Å². The van der Waals surface area contributed by atoms with Crippen molar-refractivity contribution in [1.82, 2.24) is 9.80 Å². The minimum absolute atomic E-state index is 0.773. The molecular weight excluding hydrogens is 174 g/mol. The molecule has 0 bridgehead atoms. The fraction of sp³-hybridized carbons (Fsp3) is 0.909. The highest BCUT2D eigenvalue weighted by Crippen LogP contribution is 1.97. The molecule has 0 amide bonds. The molecule has 1 aliphatic rings. The van der Waals surface area contributed by atoms with Gasteiger partial charge in [-0.1, -0.05) is 20.3 Å². The molecule has 0 aromatic carbocycles. The number of rotatable bonds is 2. The molecule has 1 fully saturated rings. The van der Waals surface area contributed by atoms with Crippen molar-refractivity contribution in [1.29, 1.82) is 5.41 Å². The summed E-state index contributed by atoms with van der Waals surface area (Å²) in [5, 5.41) is 7.33. The fourth-order valence-corrected chi connectivity index (χ4v) is 1.34. The summed E-state index contributed by atoms with van der Waals surface area (Å²) in [6.45, 7) is 11.5. The van der Waals surface area contributed by atoms with E-state index in [4.69, 9.17) is 5.41 Å². The zero-order valence-corrected chi connectivity index (χ0v) is 10.1. The average Bonchev–Trinajstić information content (AvgIpc) is 2.09. The largest absolute Gasteiger partial charge is 0.309 e. The van der Waals surface area contributed by atoms with E-state index in [2.05, 4.69) is 30.7 Å². The average molecular weight is 199 g/mol. The maximum Gasteiger partial charge on any atom is 0.0359 e. The zero-order chi connectivity index (χ0) is 11.0. The van der Waals surface area contributed by atoms with Crippen LogP contribution in [-0.2, 0) is 0 Å². The Morgan fingerprint density at radius 1 is 1.14 bits per heavy atom. The number of likely N-dealkylation sites (N-methyl/N-ethyl adjacent to an activating group) is 1. The van der Waals surface area contributed by atoms with Crippen LogP contribution in [0.25, 0.3) is 0 Å². The lowest BCUT2D eigenvalue weighted by Gasteiger charge is -2.31. The van der Waals surface area contributed by atoms with Gasteiger partial charge in [-0.15, -0.1) is 0 Å². The van der Waals surface area contributed by atoms with Gasteiger partial charge in [-0.2, -0.15) is 0 Å². The van der Waals surface area contributed by atoms with E-state index in [1.165, 1.54) is 6.42 Å². The Bertz CT molecular complexity index is 149. The van der Waals surface area contributed by atoms with E-state index in [-0.39, 0.29) is 0 Å².